The summed E-state index contributed by atoms with van der Waals surface area (Å²) >= 11 is 1.62. The molecule has 0 saturated carbocycles. The molecule has 0 aromatic heterocycles. The second kappa shape index (κ2) is 1.79. The molecule has 1 aliphatic heterocycles. The van der Waals surface area contributed by atoms with Gasteiger partial charge in [0.25, 0.3) is 0 Å². The van der Waals surface area contributed by atoms with E-state index in [0.717, 1.165) is 0 Å². The van der Waals surface area contributed by atoms with E-state index in [1.807, 2.05) is 0 Å². The SMILES string of the molecule is CC1NNNS1. The lowest BCUT2D eigenvalue weighted by atomic mass is 10.8. The Morgan fingerprint density at radius 2 is 2.50 bits per heavy atom. The van der Waals surface area contributed by atoms with Crippen LogP contribution in [0.15, 0.2) is 0 Å². The molecule has 1 unspecified atom stereocenters. The van der Waals surface area contributed by atoms with Crippen molar-refractivity contribution in [1.82, 2.24) is 15.8 Å². The highest BCUT2D eigenvalue weighted by atomic mass is 32.2. The molecule has 0 aliphatic carbocycles. The Balaban J connectivity index is 2.18. The van der Waals surface area contributed by atoms with Gasteiger partial charge in [-0.15, -0.1) is 0 Å². The van der Waals surface area contributed by atoms with Gasteiger partial charge in [-0.05, 0) is 18.9 Å². The summed E-state index contributed by atoms with van der Waals surface area (Å²) in [5.41, 5.74) is 5.66. The molecule has 0 aromatic rings. The molecular formula is C2H7N3S. The van der Waals surface area contributed by atoms with E-state index < -0.39 is 0 Å². The maximum Gasteiger partial charge on any atom is 0.0808 e. The molecule has 0 aromatic carbocycles. The van der Waals surface area contributed by atoms with Gasteiger partial charge in [0.15, 0.2) is 0 Å². The van der Waals surface area contributed by atoms with Crippen LogP contribution in [0, 0.1) is 0 Å². The van der Waals surface area contributed by atoms with Crippen LogP contribution in [0.4, 0.5) is 0 Å². The molecule has 0 radical (unpaired) electrons. The minimum atomic E-state index is 0.491. The Morgan fingerprint density at radius 1 is 1.67 bits per heavy atom. The third-order valence-corrected chi connectivity index (χ3v) is 1.25. The Labute approximate surface area is 40.9 Å². The van der Waals surface area contributed by atoms with Gasteiger partial charge in [0.1, 0.15) is 0 Å². The average Bonchev–Trinajstić information content (AvgIpc) is 1.86. The summed E-state index contributed by atoms with van der Waals surface area (Å²) in [7, 11) is 0. The highest BCUT2D eigenvalue weighted by Gasteiger charge is 2.04. The van der Waals surface area contributed by atoms with Crippen LogP contribution < -0.4 is 15.8 Å². The van der Waals surface area contributed by atoms with Gasteiger partial charge in [-0.1, -0.05) is 0 Å². The van der Waals surface area contributed by atoms with E-state index in [2.05, 4.69) is 22.7 Å². The largest absolute Gasteiger partial charge is 0.229 e. The number of hydrogen-bond donors (Lipinski definition) is 3. The van der Waals surface area contributed by atoms with E-state index >= 15 is 0 Å². The zero-order valence-electron chi connectivity index (χ0n) is 3.49. The number of hydrogen-bond acceptors (Lipinski definition) is 4. The fourth-order valence-electron chi connectivity index (χ4n) is 0.278. The topological polar surface area (TPSA) is 36.1 Å². The van der Waals surface area contributed by atoms with Crippen molar-refractivity contribution in [3.63, 3.8) is 0 Å². The van der Waals surface area contributed by atoms with Crippen LogP contribution in [0.1, 0.15) is 6.92 Å². The molecule has 0 spiro atoms. The maximum atomic E-state index is 2.92. The molecule has 0 amide bonds. The summed E-state index contributed by atoms with van der Waals surface area (Å²) < 4.78 is 0. The fraction of sp³-hybridized carbons (Fsp3) is 1.00. The molecule has 36 valence electrons. The van der Waals surface area contributed by atoms with E-state index in [1.165, 1.54) is 0 Å². The van der Waals surface area contributed by atoms with Crippen LogP contribution in [0.5, 0.6) is 0 Å². The molecule has 4 heteroatoms. The second-order valence-electron chi connectivity index (χ2n) is 1.13. The number of rotatable bonds is 0. The van der Waals surface area contributed by atoms with Crippen molar-refractivity contribution in [2.75, 3.05) is 0 Å². The lowest BCUT2D eigenvalue weighted by molar-refractivity contribution is 0.561. The van der Waals surface area contributed by atoms with Gasteiger partial charge < -0.3 is 0 Å². The van der Waals surface area contributed by atoms with Gasteiger partial charge in [0, 0.05) is 0 Å². The number of hydrazine groups is 2. The predicted octanol–water partition coefficient (Wildman–Crippen LogP) is -0.407. The summed E-state index contributed by atoms with van der Waals surface area (Å²) in [6.07, 6.45) is 0. The van der Waals surface area contributed by atoms with Crippen molar-refractivity contribution >= 4 is 11.9 Å². The van der Waals surface area contributed by atoms with Crippen molar-refractivity contribution < 1.29 is 0 Å². The van der Waals surface area contributed by atoms with E-state index in [-0.39, 0.29) is 0 Å². The summed E-state index contributed by atoms with van der Waals surface area (Å²) in [6, 6.07) is 0. The highest BCUT2D eigenvalue weighted by molar-refractivity contribution is 7.98. The first-order chi connectivity index (χ1) is 2.89. The Morgan fingerprint density at radius 3 is 2.67 bits per heavy atom. The molecule has 3 N–H and O–H groups in total. The van der Waals surface area contributed by atoms with Gasteiger partial charge in [-0.2, -0.15) is 10.4 Å². The molecule has 1 aliphatic rings. The average molecular weight is 105 g/mol. The van der Waals surface area contributed by atoms with Crippen molar-refractivity contribution in [1.29, 1.82) is 0 Å². The first kappa shape index (κ1) is 4.39. The summed E-state index contributed by atoms with van der Waals surface area (Å²) in [6.45, 7) is 2.07. The van der Waals surface area contributed by atoms with E-state index in [9.17, 15) is 0 Å². The normalized spacial score (nSPS) is 34.5. The van der Waals surface area contributed by atoms with Gasteiger partial charge in [0.05, 0.1) is 5.37 Å². The lowest BCUT2D eigenvalue weighted by Crippen LogP contribution is -2.31. The molecule has 1 fully saturated rings. The molecule has 0 bridgehead atoms. The predicted molar refractivity (Wildman–Crippen MR) is 26.5 cm³/mol. The minimum Gasteiger partial charge on any atom is -0.229 e. The van der Waals surface area contributed by atoms with Crippen LogP contribution in [0.2, 0.25) is 0 Å². The summed E-state index contributed by atoms with van der Waals surface area (Å²) in [5, 5.41) is 0.491. The highest BCUT2D eigenvalue weighted by Crippen LogP contribution is 2.01. The van der Waals surface area contributed by atoms with E-state index in [1.54, 1.807) is 11.9 Å². The molecule has 6 heavy (non-hydrogen) atoms. The number of nitrogens with one attached hydrogen (secondary N) is 3. The van der Waals surface area contributed by atoms with Crippen molar-refractivity contribution in [3.05, 3.63) is 0 Å². The molecule has 1 heterocycles. The standard InChI is InChI=1S/C2H7N3S/c1-2-3-4-5-6-2/h2-5H,1H3. The first-order valence-corrected chi connectivity index (χ1v) is 2.69. The van der Waals surface area contributed by atoms with Gasteiger partial charge in [0.2, 0.25) is 0 Å². The Bertz CT molecular complexity index is 42.1. The third-order valence-electron chi connectivity index (χ3n) is 0.562. The van der Waals surface area contributed by atoms with Crippen LogP contribution in [0.25, 0.3) is 0 Å². The smallest absolute Gasteiger partial charge is 0.0808 e. The van der Waals surface area contributed by atoms with Crippen molar-refractivity contribution in [2.45, 2.75) is 12.3 Å². The monoisotopic (exact) mass is 105 g/mol. The van der Waals surface area contributed by atoms with Crippen molar-refractivity contribution in [3.8, 4) is 0 Å². The van der Waals surface area contributed by atoms with Crippen LogP contribution in [-0.2, 0) is 0 Å². The van der Waals surface area contributed by atoms with Gasteiger partial charge >= 0.3 is 0 Å². The lowest BCUT2D eigenvalue weighted by Gasteiger charge is -1.90. The zero-order valence-corrected chi connectivity index (χ0v) is 4.30. The Hall–Kier alpha value is 0.230. The van der Waals surface area contributed by atoms with Crippen molar-refractivity contribution in [2.24, 2.45) is 0 Å². The van der Waals surface area contributed by atoms with Crippen LogP contribution in [0.3, 0.4) is 0 Å². The van der Waals surface area contributed by atoms with Gasteiger partial charge in [-0.3, -0.25) is 0 Å². The molecule has 3 nitrogen and oxygen atoms in total. The quantitative estimate of drug-likeness (QED) is 0.366. The molecule has 1 rings (SSSR count). The van der Waals surface area contributed by atoms with Gasteiger partial charge in [-0.25, -0.2) is 5.43 Å². The molecule has 1 atom stereocenters. The fourth-order valence-corrected chi connectivity index (χ4v) is 0.691. The Kier molecular flexibility index (Phi) is 1.31. The second-order valence-corrected chi connectivity index (χ2v) is 2.28. The first-order valence-electron chi connectivity index (χ1n) is 1.81. The summed E-state index contributed by atoms with van der Waals surface area (Å²) in [4.78, 5) is 2.83. The third kappa shape index (κ3) is 0.844. The minimum absolute atomic E-state index is 0.491. The maximum absolute atomic E-state index is 2.92. The van der Waals surface area contributed by atoms with Crippen LogP contribution in [-0.4, -0.2) is 5.37 Å². The molecule has 1 saturated heterocycles. The summed E-state index contributed by atoms with van der Waals surface area (Å²) in [5.74, 6) is 0. The van der Waals surface area contributed by atoms with E-state index in [4.69, 9.17) is 0 Å². The van der Waals surface area contributed by atoms with Crippen LogP contribution >= 0.6 is 11.9 Å². The molecular weight excluding hydrogens is 98.1 g/mol. The zero-order chi connectivity index (χ0) is 4.41. The van der Waals surface area contributed by atoms with E-state index in [0.29, 0.717) is 5.37 Å².